The summed E-state index contributed by atoms with van der Waals surface area (Å²) in [5, 5.41) is 21.3. The summed E-state index contributed by atoms with van der Waals surface area (Å²) in [6, 6.07) is 0. The van der Waals surface area contributed by atoms with Gasteiger partial charge in [-0.2, -0.15) is 0 Å². The number of hydrogen-bond acceptors (Lipinski definition) is 4. The minimum Gasteiger partial charge on any atom is -0.458 e. The Labute approximate surface area is 113 Å². The molecule has 3 rings (SSSR count). The monoisotopic (exact) mass is 266 g/mol. The zero-order valence-electron chi connectivity index (χ0n) is 11.6. The molecule has 0 aromatic heterocycles. The molecule has 2 N–H and O–H groups in total. The van der Waals surface area contributed by atoms with Crippen molar-refractivity contribution in [2.45, 2.75) is 57.3 Å². The molecule has 2 aliphatic carbocycles. The smallest absolute Gasteiger partial charge is 0.334 e. The number of rotatable bonds is 0. The second-order valence-electron chi connectivity index (χ2n) is 6.82. The fraction of sp³-hybridized carbons (Fsp3) is 0.800. The Balaban J connectivity index is 2.01. The first-order chi connectivity index (χ1) is 8.79. The van der Waals surface area contributed by atoms with Crippen molar-refractivity contribution in [2.75, 3.05) is 0 Å². The first kappa shape index (κ1) is 13.1. The van der Waals surface area contributed by atoms with Crippen LogP contribution in [0, 0.1) is 17.3 Å². The Bertz CT molecular complexity index is 445. The molecular weight excluding hydrogens is 244 g/mol. The van der Waals surface area contributed by atoms with Crippen LogP contribution in [-0.2, 0) is 9.53 Å². The van der Waals surface area contributed by atoms with Gasteiger partial charge in [0.05, 0.1) is 11.7 Å². The third-order valence-electron chi connectivity index (χ3n) is 6.07. The number of aliphatic hydroxyl groups is 2. The number of ether oxygens (including phenoxy) is 1. The Morgan fingerprint density at radius 2 is 2.05 bits per heavy atom. The van der Waals surface area contributed by atoms with Gasteiger partial charge in [0.15, 0.2) is 0 Å². The van der Waals surface area contributed by atoms with E-state index in [0.29, 0.717) is 30.8 Å². The minimum atomic E-state index is -1.16. The molecule has 1 saturated heterocycles. The van der Waals surface area contributed by atoms with Gasteiger partial charge in [0, 0.05) is 23.3 Å². The lowest BCUT2D eigenvalue weighted by Crippen LogP contribution is -2.65. The van der Waals surface area contributed by atoms with Gasteiger partial charge in [-0.05, 0) is 25.2 Å². The molecule has 1 aliphatic heterocycles. The van der Waals surface area contributed by atoms with Crippen molar-refractivity contribution >= 4 is 5.97 Å². The van der Waals surface area contributed by atoms with Gasteiger partial charge in [0.2, 0.25) is 0 Å². The van der Waals surface area contributed by atoms with E-state index in [1.54, 1.807) is 0 Å². The number of carbonyl (C=O) groups excluding carboxylic acids is 1. The van der Waals surface area contributed by atoms with Crippen LogP contribution in [-0.4, -0.2) is 34.0 Å². The summed E-state index contributed by atoms with van der Waals surface area (Å²) in [4.78, 5) is 11.7. The van der Waals surface area contributed by atoms with E-state index in [1.165, 1.54) is 0 Å². The van der Waals surface area contributed by atoms with Crippen LogP contribution < -0.4 is 0 Å². The van der Waals surface area contributed by atoms with Gasteiger partial charge in [-0.1, -0.05) is 20.4 Å². The molecule has 3 aliphatic rings. The van der Waals surface area contributed by atoms with E-state index in [0.717, 1.165) is 6.42 Å². The molecule has 19 heavy (non-hydrogen) atoms. The van der Waals surface area contributed by atoms with Gasteiger partial charge in [-0.25, -0.2) is 4.79 Å². The Morgan fingerprint density at radius 1 is 1.37 bits per heavy atom. The maximum atomic E-state index is 11.7. The second kappa shape index (κ2) is 3.83. The van der Waals surface area contributed by atoms with Crippen LogP contribution in [0.4, 0.5) is 0 Å². The predicted molar refractivity (Wildman–Crippen MR) is 69.2 cm³/mol. The minimum absolute atomic E-state index is 0.00877. The summed E-state index contributed by atoms with van der Waals surface area (Å²) in [6.07, 6.45) is 1.44. The Morgan fingerprint density at radius 3 is 2.74 bits per heavy atom. The molecule has 2 saturated carbocycles. The lowest BCUT2D eigenvalue weighted by Gasteiger charge is -2.59. The fourth-order valence-electron chi connectivity index (χ4n) is 4.39. The van der Waals surface area contributed by atoms with Crippen molar-refractivity contribution in [3.8, 4) is 0 Å². The summed E-state index contributed by atoms with van der Waals surface area (Å²) in [7, 11) is 0. The molecule has 4 nitrogen and oxygen atoms in total. The van der Waals surface area contributed by atoms with E-state index in [4.69, 9.17) is 4.74 Å². The van der Waals surface area contributed by atoms with E-state index in [1.807, 2.05) is 6.92 Å². The lowest BCUT2D eigenvalue weighted by atomic mass is 9.49. The van der Waals surface area contributed by atoms with Crippen molar-refractivity contribution in [3.63, 3.8) is 0 Å². The highest BCUT2D eigenvalue weighted by atomic mass is 16.6. The summed E-state index contributed by atoms with van der Waals surface area (Å²) in [6.45, 7) is 7.99. The molecule has 6 atom stereocenters. The Hall–Kier alpha value is -0.870. The third-order valence-corrected chi connectivity index (χ3v) is 6.07. The van der Waals surface area contributed by atoms with Crippen LogP contribution in [0.15, 0.2) is 12.2 Å². The van der Waals surface area contributed by atoms with Crippen LogP contribution in [0.1, 0.15) is 39.5 Å². The van der Waals surface area contributed by atoms with Crippen LogP contribution in [0.2, 0.25) is 0 Å². The lowest BCUT2D eigenvalue weighted by molar-refractivity contribution is -0.237. The highest BCUT2D eigenvalue weighted by Gasteiger charge is 2.64. The quantitative estimate of drug-likeness (QED) is 0.514. The molecular formula is C15H22O4. The molecule has 0 bridgehead atoms. The maximum absolute atomic E-state index is 11.7. The average Bonchev–Trinajstić information content (AvgIpc) is 2.61. The normalized spacial score (nSPS) is 53.5. The number of aliphatic hydroxyl groups excluding tert-OH is 1. The molecule has 6 unspecified atom stereocenters. The van der Waals surface area contributed by atoms with Gasteiger partial charge >= 0.3 is 5.97 Å². The first-order valence-corrected chi connectivity index (χ1v) is 7.10. The third kappa shape index (κ3) is 1.50. The average molecular weight is 266 g/mol. The van der Waals surface area contributed by atoms with Crippen molar-refractivity contribution in [2.24, 2.45) is 17.3 Å². The largest absolute Gasteiger partial charge is 0.458 e. The van der Waals surface area contributed by atoms with Crippen molar-refractivity contribution in [1.82, 2.24) is 0 Å². The van der Waals surface area contributed by atoms with Gasteiger partial charge in [0.1, 0.15) is 6.10 Å². The van der Waals surface area contributed by atoms with Crippen LogP contribution >= 0.6 is 0 Å². The van der Waals surface area contributed by atoms with Gasteiger partial charge < -0.3 is 14.9 Å². The number of fused-ring (bicyclic) bond motifs is 2. The fourth-order valence-corrected chi connectivity index (χ4v) is 4.39. The summed E-state index contributed by atoms with van der Waals surface area (Å²) in [5.74, 6) is -0.0427. The van der Waals surface area contributed by atoms with E-state index in [2.05, 4.69) is 13.5 Å². The number of esters is 1. The molecule has 106 valence electrons. The first-order valence-electron chi connectivity index (χ1n) is 7.10. The van der Waals surface area contributed by atoms with Crippen molar-refractivity contribution < 1.29 is 19.7 Å². The van der Waals surface area contributed by atoms with E-state index in [-0.39, 0.29) is 23.4 Å². The second-order valence-corrected chi connectivity index (χ2v) is 6.82. The standard InChI is InChI=1S/C15H22O4/c1-8-4-5-12(16)15(18)7-11-10(6-14(8,15)3)9(2)13(17)19-11/h8,10-12,16,18H,2,4-7H2,1,3H3. The summed E-state index contributed by atoms with van der Waals surface area (Å²) in [5.41, 5.74) is -1.01. The van der Waals surface area contributed by atoms with E-state index < -0.39 is 11.7 Å². The van der Waals surface area contributed by atoms with Crippen molar-refractivity contribution in [3.05, 3.63) is 12.2 Å². The summed E-state index contributed by atoms with van der Waals surface area (Å²) >= 11 is 0. The molecule has 4 heteroatoms. The Kier molecular flexibility index (Phi) is 2.64. The number of hydrogen-bond donors (Lipinski definition) is 2. The van der Waals surface area contributed by atoms with Crippen LogP contribution in [0.3, 0.4) is 0 Å². The molecule has 1 heterocycles. The maximum Gasteiger partial charge on any atom is 0.334 e. The predicted octanol–water partition coefficient (Wildman–Crippen LogP) is 1.41. The zero-order chi connectivity index (χ0) is 14.0. The molecule has 0 spiro atoms. The topological polar surface area (TPSA) is 66.8 Å². The molecule has 0 aromatic carbocycles. The highest BCUT2D eigenvalue weighted by molar-refractivity contribution is 5.90. The summed E-state index contributed by atoms with van der Waals surface area (Å²) < 4.78 is 5.31. The molecule has 0 amide bonds. The molecule has 3 fully saturated rings. The highest BCUT2D eigenvalue weighted by Crippen LogP contribution is 2.59. The van der Waals surface area contributed by atoms with E-state index in [9.17, 15) is 15.0 Å². The van der Waals surface area contributed by atoms with Crippen LogP contribution in [0.25, 0.3) is 0 Å². The zero-order valence-corrected chi connectivity index (χ0v) is 11.6. The molecule has 0 radical (unpaired) electrons. The van der Waals surface area contributed by atoms with Crippen LogP contribution in [0.5, 0.6) is 0 Å². The molecule has 0 aromatic rings. The van der Waals surface area contributed by atoms with Gasteiger partial charge in [-0.3, -0.25) is 0 Å². The van der Waals surface area contributed by atoms with Gasteiger partial charge in [-0.15, -0.1) is 0 Å². The number of carbonyl (C=O) groups is 1. The SMILES string of the molecule is C=C1C(=O)OC2CC3(O)C(O)CCC(C)C3(C)CC12. The van der Waals surface area contributed by atoms with Gasteiger partial charge in [0.25, 0.3) is 0 Å². The van der Waals surface area contributed by atoms with Crippen molar-refractivity contribution in [1.29, 1.82) is 0 Å². The van der Waals surface area contributed by atoms with E-state index >= 15 is 0 Å².